The van der Waals surface area contributed by atoms with Crippen LogP contribution in [0.15, 0.2) is 18.2 Å². The number of benzene rings is 1. The number of carbonyl (C=O) groups is 2. The van der Waals surface area contributed by atoms with Crippen LogP contribution in [0.4, 0.5) is 11.4 Å². The predicted octanol–water partition coefficient (Wildman–Crippen LogP) is 2.90. The summed E-state index contributed by atoms with van der Waals surface area (Å²) < 4.78 is 5.19. The summed E-state index contributed by atoms with van der Waals surface area (Å²) >= 11 is 0. The van der Waals surface area contributed by atoms with Crippen LogP contribution in [0, 0.1) is 16.0 Å². The maximum Gasteiger partial charge on any atom is 0.339 e. The Morgan fingerprint density at radius 1 is 1.30 bits per heavy atom. The zero-order valence-electron chi connectivity index (χ0n) is 16.1. The summed E-state index contributed by atoms with van der Waals surface area (Å²) in [5, 5.41) is 14.1. The summed E-state index contributed by atoms with van der Waals surface area (Å²) in [7, 11) is 3.36. The molecule has 1 atom stereocenters. The molecule has 1 fully saturated rings. The van der Waals surface area contributed by atoms with Crippen molar-refractivity contribution in [3.8, 4) is 0 Å². The molecule has 1 aromatic carbocycles. The number of ether oxygens (including phenoxy) is 1. The lowest BCUT2D eigenvalue weighted by Gasteiger charge is -2.22. The maximum absolute atomic E-state index is 12.3. The van der Waals surface area contributed by atoms with Crippen LogP contribution in [-0.4, -0.2) is 43.5 Å². The minimum atomic E-state index is -0.964. The smallest absolute Gasteiger partial charge is 0.339 e. The number of amides is 1. The van der Waals surface area contributed by atoms with E-state index in [4.69, 9.17) is 4.74 Å². The van der Waals surface area contributed by atoms with Gasteiger partial charge in [0.2, 0.25) is 0 Å². The third kappa shape index (κ3) is 5.67. The van der Waals surface area contributed by atoms with E-state index in [2.05, 4.69) is 5.32 Å². The zero-order chi connectivity index (χ0) is 20.0. The molecule has 8 heteroatoms. The first-order chi connectivity index (χ1) is 12.8. The van der Waals surface area contributed by atoms with Crippen LogP contribution >= 0.6 is 0 Å². The topological polar surface area (TPSA) is 102 Å². The first-order valence-corrected chi connectivity index (χ1v) is 9.24. The average Bonchev–Trinajstić information content (AvgIpc) is 2.66. The number of nitrogens with zero attached hydrogens (tertiary/aromatic N) is 2. The summed E-state index contributed by atoms with van der Waals surface area (Å²) in [4.78, 5) is 36.7. The highest BCUT2D eigenvalue weighted by atomic mass is 16.6. The minimum absolute atomic E-state index is 0.0410. The number of hydrogen-bond donors (Lipinski definition) is 1. The quantitative estimate of drug-likeness (QED) is 0.445. The molecule has 0 radical (unpaired) electrons. The second-order valence-corrected chi connectivity index (χ2v) is 7.15. The first kappa shape index (κ1) is 20.7. The Labute approximate surface area is 159 Å². The molecule has 0 aromatic heterocycles. The van der Waals surface area contributed by atoms with Crippen LogP contribution in [0.2, 0.25) is 0 Å². The molecule has 8 nitrogen and oxygen atoms in total. The molecule has 1 saturated carbocycles. The van der Waals surface area contributed by atoms with Crippen molar-refractivity contribution in [2.24, 2.45) is 5.92 Å². The van der Waals surface area contributed by atoms with E-state index in [9.17, 15) is 19.7 Å². The number of hydrogen-bond acceptors (Lipinski definition) is 6. The van der Waals surface area contributed by atoms with Crippen LogP contribution < -0.4 is 10.2 Å². The second kappa shape index (κ2) is 9.34. The monoisotopic (exact) mass is 377 g/mol. The van der Waals surface area contributed by atoms with Crippen LogP contribution in [0.3, 0.4) is 0 Å². The van der Waals surface area contributed by atoms with Gasteiger partial charge in [0.1, 0.15) is 5.69 Å². The van der Waals surface area contributed by atoms with Crippen molar-refractivity contribution < 1.29 is 19.2 Å². The largest absolute Gasteiger partial charge is 0.449 e. The lowest BCUT2D eigenvalue weighted by molar-refractivity contribution is -0.384. The Hall–Kier alpha value is -2.64. The molecule has 27 heavy (non-hydrogen) atoms. The standard InChI is InChI=1S/C19H27N3O5/c1-13(18(23)20-12-14-7-5-4-6-8-14)27-19(24)15-9-10-16(21(2)3)17(11-15)22(25)26/h9-11,13-14H,4-8,12H2,1-3H3,(H,20,23)/t13-/m1/s1. The van der Waals surface area contributed by atoms with Gasteiger partial charge in [-0.25, -0.2) is 4.79 Å². The van der Waals surface area contributed by atoms with E-state index in [1.54, 1.807) is 19.0 Å². The Bertz CT molecular complexity index is 699. The van der Waals surface area contributed by atoms with Crippen molar-refractivity contribution in [3.05, 3.63) is 33.9 Å². The Balaban J connectivity index is 1.95. The van der Waals surface area contributed by atoms with Gasteiger partial charge < -0.3 is 15.0 Å². The van der Waals surface area contributed by atoms with Gasteiger partial charge in [-0.3, -0.25) is 14.9 Å². The number of anilines is 1. The highest BCUT2D eigenvalue weighted by molar-refractivity contribution is 5.93. The lowest BCUT2D eigenvalue weighted by Crippen LogP contribution is -2.38. The van der Waals surface area contributed by atoms with Crippen LogP contribution in [0.1, 0.15) is 49.4 Å². The van der Waals surface area contributed by atoms with E-state index in [-0.39, 0.29) is 17.2 Å². The van der Waals surface area contributed by atoms with Gasteiger partial charge >= 0.3 is 5.97 Å². The number of carbonyl (C=O) groups excluding carboxylic acids is 2. The van der Waals surface area contributed by atoms with Crippen LogP contribution in [0.25, 0.3) is 0 Å². The van der Waals surface area contributed by atoms with Crippen molar-refractivity contribution in [3.63, 3.8) is 0 Å². The van der Waals surface area contributed by atoms with Crippen molar-refractivity contribution in [1.82, 2.24) is 5.32 Å². The summed E-state index contributed by atoms with van der Waals surface area (Å²) in [5.74, 6) is -0.635. The van der Waals surface area contributed by atoms with Gasteiger partial charge in [-0.2, -0.15) is 0 Å². The van der Waals surface area contributed by atoms with Gasteiger partial charge in [0, 0.05) is 26.7 Å². The molecular weight excluding hydrogens is 350 g/mol. The summed E-state index contributed by atoms with van der Waals surface area (Å²) in [6.07, 6.45) is 4.87. The molecule has 0 spiro atoms. The molecule has 1 aliphatic carbocycles. The number of esters is 1. The molecule has 1 aliphatic rings. The van der Waals surface area contributed by atoms with Gasteiger partial charge in [-0.15, -0.1) is 0 Å². The number of nitrogens with one attached hydrogen (secondary N) is 1. The third-order valence-corrected chi connectivity index (χ3v) is 4.83. The number of nitro benzene ring substituents is 1. The molecule has 0 bridgehead atoms. The minimum Gasteiger partial charge on any atom is -0.449 e. The summed E-state index contributed by atoms with van der Waals surface area (Å²) in [5.41, 5.74) is 0.234. The highest BCUT2D eigenvalue weighted by Crippen LogP contribution is 2.28. The fourth-order valence-electron chi connectivity index (χ4n) is 3.24. The average molecular weight is 377 g/mol. The highest BCUT2D eigenvalue weighted by Gasteiger charge is 2.23. The molecule has 1 amide bonds. The molecule has 1 aromatic rings. The van der Waals surface area contributed by atoms with Crippen molar-refractivity contribution in [2.45, 2.75) is 45.1 Å². The lowest BCUT2D eigenvalue weighted by atomic mass is 9.89. The van der Waals surface area contributed by atoms with E-state index >= 15 is 0 Å². The molecule has 1 N–H and O–H groups in total. The Kier molecular flexibility index (Phi) is 7.15. The molecule has 2 rings (SSSR count). The molecule has 0 saturated heterocycles. The van der Waals surface area contributed by atoms with Crippen molar-refractivity contribution in [2.75, 3.05) is 25.5 Å². The predicted molar refractivity (Wildman–Crippen MR) is 102 cm³/mol. The van der Waals surface area contributed by atoms with Gasteiger partial charge in [-0.05, 0) is 37.8 Å². The van der Waals surface area contributed by atoms with E-state index < -0.39 is 17.0 Å². The first-order valence-electron chi connectivity index (χ1n) is 9.24. The fraction of sp³-hybridized carbons (Fsp3) is 0.579. The van der Waals surface area contributed by atoms with E-state index in [0.29, 0.717) is 18.2 Å². The number of rotatable bonds is 7. The molecule has 0 aliphatic heterocycles. The van der Waals surface area contributed by atoms with Crippen LogP contribution in [-0.2, 0) is 9.53 Å². The molecule has 148 valence electrons. The normalized spacial score (nSPS) is 15.7. The molecule has 0 unspecified atom stereocenters. The number of nitro groups is 1. The van der Waals surface area contributed by atoms with Gasteiger partial charge in [0.15, 0.2) is 6.10 Å². The maximum atomic E-state index is 12.3. The van der Waals surface area contributed by atoms with Crippen molar-refractivity contribution >= 4 is 23.3 Å². The van der Waals surface area contributed by atoms with Gasteiger partial charge in [0.25, 0.3) is 11.6 Å². The van der Waals surface area contributed by atoms with Gasteiger partial charge in [-0.1, -0.05) is 19.3 Å². The third-order valence-electron chi connectivity index (χ3n) is 4.83. The zero-order valence-corrected chi connectivity index (χ0v) is 16.1. The SMILES string of the molecule is C[C@@H](OC(=O)c1ccc(N(C)C)c([N+](=O)[O-])c1)C(=O)NCC1CCCCC1. The summed E-state index contributed by atoms with van der Waals surface area (Å²) in [6.45, 7) is 2.08. The van der Waals surface area contributed by atoms with Crippen LogP contribution in [0.5, 0.6) is 0 Å². The fourth-order valence-corrected chi connectivity index (χ4v) is 3.24. The van der Waals surface area contributed by atoms with Crippen molar-refractivity contribution in [1.29, 1.82) is 0 Å². The van der Waals surface area contributed by atoms with E-state index in [1.807, 2.05) is 0 Å². The summed E-state index contributed by atoms with van der Waals surface area (Å²) in [6, 6.07) is 4.12. The molecular formula is C19H27N3O5. The second-order valence-electron chi connectivity index (χ2n) is 7.15. The Morgan fingerprint density at radius 3 is 2.56 bits per heavy atom. The molecule has 0 heterocycles. The van der Waals surface area contributed by atoms with E-state index in [0.717, 1.165) is 12.8 Å². The Morgan fingerprint density at radius 2 is 1.96 bits per heavy atom. The van der Waals surface area contributed by atoms with Gasteiger partial charge in [0.05, 0.1) is 10.5 Å². The van der Waals surface area contributed by atoms with E-state index in [1.165, 1.54) is 44.4 Å².